The Hall–Kier alpha value is -2.12. The van der Waals surface area contributed by atoms with Crippen molar-refractivity contribution in [3.05, 3.63) is 64.7 Å². The van der Waals surface area contributed by atoms with Crippen LogP contribution in [0, 0.1) is 0 Å². The van der Waals surface area contributed by atoms with Crippen molar-refractivity contribution < 1.29 is 20.1 Å². The summed E-state index contributed by atoms with van der Waals surface area (Å²) in [6.45, 7) is 1.67. The summed E-state index contributed by atoms with van der Waals surface area (Å²) in [6.07, 6.45) is -2.14. The highest BCUT2D eigenvalue weighted by Gasteiger charge is 2.15. The molecule has 6 nitrogen and oxygen atoms in total. The number of aliphatic carboxylic acids is 1. The van der Waals surface area contributed by atoms with Gasteiger partial charge in [-0.1, -0.05) is 35.9 Å². The molecule has 0 saturated heterocycles. The summed E-state index contributed by atoms with van der Waals surface area (Å²) in [5.74, 6) is -1.27. The van der Waals surface area contributed by atoms with Crippen LogP contribution in [0.4, 0.5) is 5.69 Å². The average molecular weight is 365 g/mol. The molecule has 2 aromatic rings. The van der Waals surface area contributed by atoms with E-state index in [0.717, 1.165) is 11.3 Å². The molecule has 0 aromatic heterocycles. The molecule has 134 valence electrons. The van der Waals surface area contributed by atoms with E-state index in [4.69, 9.17) is 16.7 Å². The van der Waals surface area contributed by atoms with E-state index in [0.29, 0.717) is 30.2 Å². The smallest absolute Gasteiger partial charge is 0.337 e. The van der Waals surface area contributed by atoms with Gasteiger partial charge < -0.3 is 26.0 Å². The lowest BCUT2D eigenvalue weighted by Gasteiger charge is -2.13. The van der Waals surface area contributed by atoms with Gasteiger partial charge in [0.25, 0.3) is 0 Å². The molecule has 0 aliphatic carbocycles. The third-order valence-corrected chi connectivity index (χ3v) is 3.90. The van der Waals surface area contributed by atoms with Crippen LogP contribution in [0.3, 0.4) is 0 Å². The summed E-state index contributed by atoms with van der Waals surface area (Å²) < 4.78 is 0. The predicted molar refractivity (Wildman–Crippen MR) is 96.8 cm³/mol. The quantitative estimate of drug-likeness (QED) is 0.437. The van der Waals surface area contributed by atoms with E-state index >= 15 is 0 Å². The Morgan fingerprint density at radius 2 is 1.76 bits per heavy atom. The van der Waals surface area contributed by atoms with Crippen molar-refractivity contribution in [2.45, 2.75) is 12.2 Å². The van der Waals surface area contributed by atoms with Crippen molar-refractivity contribution in [3.8, 4) is 0 Å². The summed E-state index contributed by atoms with van der Waals surface area (Å²) in [5.41, 5.74) is 1.92. The molecule has 0 bridgehead atoms. The topological polar surface area (TPSA) is 102 Å². The molecule has 0 amide bonds. The molecule has 0 fully saturated rings. The Morgan fingerprint density at radius 1 is 1.04 bits per heavy atom. The number of aliphatic hydroxyl groups excluding tert-OH is 2. The van der Waals surface area contributed by atoms with Gasteiger partial charge in [-0.3, -0.25) is 0 Å². The molecule has 0 aliphatic rings. The van der Waals surface area contributed by atoms with Gasteiger partial charge in [-0.25, -0.2) is 4.79 Å². The summed E-state index contributed by atoms with van der Waals surface area (Å²) in [5, 5.41) is 35.2. The first-order valence-electron chi connectivity index (χ1n) is 7.86. The van der Waals surface area contributed by atoms with Gasteiger partial charge >= 0.3 is 5.97 Å². The Labute approximate surface area is 151 Å². The molecule has 7 heteroatoms. The number of carboxylic acid groups (broad SMARTS) is 1. The summed E-state index contributed by atoms with van der Waals surface area (Å²) in [4.78, 5) is 10.7. The van der Waals surface area contributed by atoms with Crippen LogP contribution in [0.15, 0.2) is 48.5 Å². The van der Waals surface area contributed by atoms with Gasteiger partial charge in [-0.2, -0.15) is 0 Å². The van der Waals surface area contributed by atoms with Gasteiger partial charge in [-0.05, 0) is 35.4 Å². The van der Waals surface area contributed by atoms with Gasteiger partial charge in [-0.15, -0.1) is 0 Å². The Kier molecular flexibility index (Phi) is 7.21. The van der Waals surface area contributed by atoms with E-state index in [1.165, 1.54) is 0 Å². The molecule has 0 radical (unpaired) electrons. The number of nitrogens with one attached hydrogen (secondary N) is 2. The van der Waals surface area contributed by atoms with Crippen molar-refractivity contribution in [2.75, 3.05) is 25.0 Å². The molecular weight excluding hydrogens is 344 g/mol. The summed E-state index contributed by atoms with van der Waals surface area (Å²) in [7, 11) is 0. The SMILES string of the molecule is O=C(O)C(O)c1ccc(NCCNC[C@H](O)c2cccc(Cl)c2)cc1. The first-order chi connectivity index (χ1) is 12.0. The van der Waals surface area contributed by atoms with E-state index in [-0.39, 0.29) is 0 Å². The second kappa shape index (κ2) is 9.39. The minimum Gasteiger partial charge on any atom is -0.479 e. The molecule has 25 heavy (non-hydrogen) atoms. The predicted octanol–water partition coefficient (Wildman–Crippen LogP) is 2.19. The highest BCUT2D eigenvalue weighted by Crippen LogP contribution is 2.17. The lowest BCUT2D eigenvalue weighted by Crippen LogP contribution is -2.26. The first-order valence-corrected chi connectivity index (χ1v) is 8.24. The van der Waals surface area contributed by atoms with Crippen molar-refractivity contribution in [3.63, 3.8) is 0 Å². The van der Waals surface area contributed by atoms with Crippen LogP contribution in [-0.2, 0) is 4.79 Å². The third kappa shape index (κ3) is 6.03. The summed E-state index contributed by atoms with van der Waals surface area (Å²) >= 11 is 5.90. The zero-order chi connectivity index (χ0) is 18.2. The standard InChI is InChI=1S/C18H21ClN2O4/c19-14-3-1-2-13(10-14)16(22)11-20-8-9-21-15-6-4-12(5-7-15)17(23)18(24)25/h1-7,10,16-17,20-23H,8-9,11H2,(H,24,25)/t16-,17?/m0/s1. The molecule has 2 rings (SSSR count). The molecule has 0 aliphatic heterocycles. The minimum absolute atomic E-state index is 0.334. The normalized spacial score (nSPS) is 13.2. The van der Waals surface area contributed by atoms with Crippen molar-refractivity contribution in [1.29, 1.82) is 0 Å². The number of aliphatic hydroxyl groups is 2. The van der Waals surface area contributed by atoms with Crippen LogP contribution in [-0.4, -0.2) is 40.9 Å². The molecule has 2 aromatic carbocycles. The van der Waals surface area contributed by atoms with Crippen LogP contribution < -0.4 is 10.6 Å². The number of carbonyl (C=O) groups is 1. The lowest BCUT2D eigenvalue weighted by molar-refractivity contribution is -0.146. The van der Waals surface area contributed by atoms with Crippen molar-refractivity contribution in [2.24, 2.45) is 0 Å². The highest BCUT2D eigenvalue weighted by atomic mass is 35.5. The van der Waals surface area contributed by atoms with Gasteiger partial charge in [0.2, 0.25) is 0 Å². The van der Waals surface area contributed by atoms with Crippen LogP contribution in [0.5, 0.6) is 0 Å². The van der Waals surface area contributed by atoms with Gasteiger partial charge in [0, 0.05) is 30.3 Å². The van der Waals surface area contributed by atoms with Gasteiger partial charge in [0.15, 0.2) is 6.10 Å². The van der Waals surface area contributed by atoms with Gasteiger partial charge in [0.1, 0.15) is 0 Å². The van der Waals surface area contributed by atoms with Gasteiger partial charge in [0.05, 0.1) is 6.10 Å². The molecule has 0 spiro atoms. The second-order valence-corrected chi connectivity index (χ2v) is 6.00. The largest absolute Gasteiger partial charge is 0.479 e. The van der Waals surface area contributed by atoms with Crippen LogP contribution >= 0.6 is 11.6 Å². The van der Waals surface area contributed by atoms with E-state index < -0.39 is 18.2 Å². The molecule has 5 N–H and O–H groups in total. The Balaban J connectivity index is 1.70. The maximum Gasteiger partial charge on any atom is 0.337 e. The fraction of sp³-hybridized carbons (Fsp3) is 0.278. The van der Waals surface area contributed by atoms with E-state index in [1.807, 2.05) is 6.07 Å². The average Bonchev–Trinajstić information content (AvgIpc) is 2.61. The maximum absolute atomic E-state index is 10.7. The van der Waals surface area contributed by atoms with E-state index in [2.05, 4.69) is 10.6 Å². The zero-order valence-electron chi connectivity index (χ0n) is 13.5. The fourth-order valence-electron chi connectivity index (χ4n) is 2.29. The lowest BCUT2D eigenvalue weighted by atomic mass is 10.1. The van der Waals surface area contributed by atoms with Crippen LogP contribution in [0.2, 0.25) is 5.02 Å². The molecular formula is C18H21ClN2O4. The maximum atomic E-state index is 10.7. The Morgan fingerprint density at radius 3 is 2.40 bits per heavy atom. The zero-order valence-corrected chi connectivity index (χ0v) is 14.3. The monoisotopic (exact) mass is 364 g/mol. The van der Waals surface area contributed by atoms with E-state index in [9.17, 15) is 15.0 Å². The third-order valence-electron chi connectivity index (χ3n) is 3.66. The molecule has 1 unspecified atom stereocenters. The van der Waals surface area contributed by atoms with Crippen molar-refractivity contribution >= 4 is 23.3 Å². The number of benzene rings is 2. The highest BCUT2D eigenvalue weighted by molar-refractivity contribution is 6.30. The number of hydrogen-bond acceptors (Lipinski definition) is 5. The second-order valence-electron chi connectivity index (χ2n) is 5.56. The molecule has 0 heterocycles. The number of rotatable bonds is 9. The van der Waals surface area contributed by atoms with E-state index in [1.54, 1.807) is 42.5 Å². The molecule has 2 atom stereocenters. The minimum atomic E-state index is -1.51. The Bertz CT molecular complexity index is 694. The number of hydrogen-bond donors (Lipinski definition) is 5. The van der Waals surface area contributed by atoms with Crippen LogP contribution in [0.1, 0.15) is 23.3 Å². The summed E-state index contributed by atoms with van der Waals surface area (Å²) in [6, 6.07) is 13.7. The van der Waals surface area contributed by atoms with Crippen molar-refractivity contribution in [1.82, 2.24) is 5.32 Å². The van der Waals surface area contributed by atoms with Crippen LogP contribution in [0.25, 0.3) is 0 Å². The number of carboxylic acids is 1. The number of anilines is 1. The molecule has 0 saturated carbocycles. The number of halogens is 1. The fourth-order valence-corrected chi connectivity index (χ4v) is 2.49. The first kappa shape index (κ1) is 19.2.